The van der Waals surface area contributed by atoms with Crippen LogP contribution in [0.15, 0.2) is 24.3 Å². The highest BCUT2D eigenvalue weighted by Crippen LogP contribution is 2.29. The Labute approximate surface area is 142 Å². The van der Waals surface area contributed by atoms with Crippen molar-refractivity contribution in [3.05, 3.63) is 40.5 Å². The predicted octanol–water partition coefficient (Wildman–Crippen LogP) is 3.15. The number of phenolic OH excluding ortho intramolecular Hbond substituents is 1. The van der Waals surface area contributed by atoms with Crippen molar-refractivity contribution in [1.29, 1.82) is 0 Å². The van der Waals surface area contributed by atoms with Gasteiger partial charge >= 0.3 is 0 Å². The first-order valence-corrected chi connectivity index (χ1v) is 8.37. The second-order valence-corrected chi connectivity index (χ2v) is 6.45. The molecule has 0 aliphatic rings. The van der Waals surface area contributed by atoms with Gasteiger partial charge in [-0.3, -0.25) is 15.2 Å². The number of hydrogen-bond acceptors (Lipinski definition) is 6. The maximum atomic E-state index is 12.3. The summed E-state index contributed by atoms with van der Waals surface area (Å²) < 4.78 is 0. The van der Waals surface area contributed by atoms with Crippen LogP contribution in [0.3, 0.4) is 0 Å². The van der Waals surface area contributed by atoms with Gasteiger partial charge in [0.25, 0.3) is 5.91 Å². The van der Waals surface area contributed by atoms with E-state index >= 15 is 0 Å². The number of amides is 1. The van der Waals surface area contributed by atoms with Crippen LogP contribution >= 0.6 is 11.3 Å². The van der Waals surface area contributed by atoms with Crippen molar-refractivity contribution in [2.45, 2.75) is 26.7 Å². The Morgan fingerprint density at radius 2 is 2.17 bits per heavy atom. The lowest BCUT2D eigenvalue weighted by molar-refractivity contribution is 0.102. The van der Waals surface area contributed by atoms with Gasteiger partial charge in [-0.25, -0.2) is 0 Å². The number of aromatic amines is 1. The van der Waals surface area contributed by atoms with Crippen LogP contribution in [0, 0.1) is 6.92 Å². The number of benzene rings is 1. The Morgan fingerprint density at radius 3 is 2.96 bits per heavy atom. The lowest BCUT2D eigenvalue weighted by Crippen LogP contribution is -2.12. The van der Waals surface area contributed by atoms with E-state index in [1.807, 2.05) is 19.1 Å². The fraction of sp³-hybridized carbons (Fsp3) is 0.250. The highest BCUT2D eigenvalue weighted by Gasteiger charge is 2.15. The van der Waals surface area contributed by atoms with Crippen LogP contribution in [0.1, 0.15) is 34.4 Å². The van der Waals surface area contributed by atoms with Gasteiger partial charge in [0, 0.05) is 12.0 Å². The highest BCUT2D eigenvalue weighted by atomic mass is 32.1. The maximum Gasteiger partial charge on any atom is 0.275 e. The molecule has 2 heterocycles. The second-order valence-electron chi connectivity index (χ2n) is 5.39. The van der Waals surface area contributed by atoms with Gasteiger partial charge in [0.05, 0.1) is 5.69 Å². The quantitative estimate of drug-likeness (QED) is 0.660. The molecule has 0 aliphatic heterocycles. The molecule has 3 rings (SSSR count). The number of H-pyrrole nitrogens is 1. The van der Waals surface area contributed by atoms with Crippen molar-refractivity contribution in [2.24, 2.45) is 0 Å². The molecule has 0 atom stereocenters. The SMILES string of the molecule is CCCc1nnc(NC(=O)c2cc(-c3cc(C)ccc3O)n[nH]2)s1. The van der Waals surface area contributed by atoms with Gasteiger partial charge in [-0.05, 0) is 31.5 Å². The summed E-state index contributed by atoms with van der Waals surface area (Å²) in [6.45, 7) is 3.99. The van der Waals surface area contributed by atoms with Gasteiger partial charge in [0.15, 0.2) is 0 Å². The average Bonchev–Trinajstić information content (AvgIpc) is 3.20. The lowest BCUT2D eigenvalue weighted by atomic mass is 10.1. The van der Waals surface area contributed by atoms with Crippen LogP contribution < -0.4 is 5.32 Å². The number of anilines is 1. The van der Waals surface area contributed by atoms with Crippen molar-refractivity contribution in [3.63, 3.8) is 0 Å². The first kappa shape index (κ1) is 16.1. The number of rotatable bonds is 5. The number of phenols is 1. The maximum absolute atomic E-state index is 12.3. The van der Waals surface area contributed by atoms with Crippen LogP contribution in [0.25, 0.3) is 11.3 Å². The van der Waals surface area contributed by atoms with Gasteiger partial charge in [-0.2, -0.15) is 5.10 Å². The molecule has 2 aromatic heterocycles. The minimum atomic E-state index is -0.347. The summed E-state index contributed by atoms with van der Waals surface area (Å²) in [4.78, 5) is 12.3. The Hall–Kier alpha value is -2.74. The summed E-state index contributed by atoms with van der Waals surface area (Å²) in [7, 11) is 0. The zero-order valence-corrected chi connectivity index (χ0v) is 14.1. The topological polar surface area (TPSA) is 104 Å². The Balaban J connectivity index is 1.77. The minimum absolute atomic E-state index is 0.118. The molecule has 1 amide bonds. The number of aromatic hydroxyl groups is 1. The third-order valence-electron chi connectivity index (χ3n) is 3.40. The standard InChI is InChI=1S/C16H17N5O2S/c1-3-4-14-20-21-16(24-14)17-15(23)12-8-11(18-19-12)10-7-9(2)5-6-13(10)22/h5-8,22H,3-4H2,1-2H3,(H,18,19)(H,17,21,23). The number of carbonyl (C=O) groups excluding carboxylic acids is 1. The van der Waals surface area contributed by atoms with Crippen LogP contribution in [-0.2, 0) is 6.42 Å². The first-order chi connectivity index (χ1) is 11.6. The monoisotopic (exact) mass is 343 g/mol. The normalized spacial score (nSPS) is 10.8. The predicted molar refractivity (Wildman–Crippen MR) is 92.3 cm³/mol. The molecular formula is C16H17N5O2S. The van der Waals surface area contributed by atoms with E-state index in [4.69, 9.17) is 0 Å². The van der Waals surface area contributed by atoms with Crippen molar-refractivity contribution >= 4 is 22.4 Å². The van der Waals surface area contributed by atoms with Gasteiger partial charge in [-0.1, -0.05) is 29.9 Å². The van der Waals surface area contributed by atoms with Gasteiger partial charge < -0.3 is 5.11 Å². The van der Waals surface area contributed by atoms with Crippen LogP contribution in [0.2, 0.25) is 0 Å². The summed E-state index contributed by atoms with van der Waals surface area (Å²) in [5, 5.41) is 28.8. The first-order valence-electron chi connectivity index (χ1n) is 7.56. The van der Waals surface area contributed by atoms with Crippen molar-refractivity contribution in [1.82, 2.24) is 20.4 Å². The second kappa shape index (κ2) is 6.79. The summed E-state index contributed by atoms with van der Waals surface area (Å²) in [5.41, 5.74) is 2.36. The molecule has 7 nitrogen and oxygen atoms in total. The van der Waals surface area contributed by atoms with E-state index in [1.54, 1.807) is 12.1 Å². The van der Waals surface area contributed by atoms with Crippen molar-refractivity contribution in [2.75, 3.05) is 5.32 Å². The van der Waals surface area contributed by atoms with E-state index in [2.05, 4.69) is 32.6 Å². The molecule has 0 radical (unpaired) electrons. The smallest absolute Gasteiger partial charge is 0.275 e. The molecule has 24 heavy (non-hydrogen) atoms. The molecule has 0 spiro atoms. The molecule has 3 N–H and O–H groups in total. The Kier molecular flexibility index (Phi) is 4.57. The van der Waals surface area contributed by atoms with E-state index in [1.165, 1.54) is 11.3 Å². The van der Waals surface area contributed by atoms with E-state index in [-0.39, 0.29) is 17.4 Å². The van der Waals surface area contributed by atoms with E-state index < -0.39 is 0 Å². The fourth-order valence-corrected chi connectivity index (χ4v) is 3.05. The minimum Gasteiger partial charge on any atom is -0.507 e. The lowest BCUT2D eigenvalue weighted by Gasteiger charge is -2.01. The molecule has 3 aromatic rings. The van der Waals surface area contributed by atoms with Crippen LogP contribution in [0.5, 0.6) is 5.75 Å². The number of hydrogen-bond donors (Lipinski definition) is 3. The molecule has 124 valence electrons. The number of nitrogens with zero attached hydrogens (tertiary/aromatic N) is 3. The average molecular weight is 343 g/mol. The number of aryl methyl sites for hydroxylation is 2. The van der Waals surface area contributed by atoms with Gasteiger partial charge in [0.2, 0.25) is 5.13 Å². The summed E-state index contributed by atoms with van der Waals surface area (Å²) in [6, 6.07) is 6.82. The van der Waals surface area contributed by atoms with Crippen LogP contribution in [-0.4, -0.2) is 31.4 Å². The molecule has 0 bridgehead atoms. The van der Waals surface area contributed by atoms with Crippen LogP contribution in [0.4, 0.5) is 5.13 Å². The van der Waals surface area contributed by atoms with Crippen molar-refractivity contribution in [3.8, 4) is 17.0 Å². The number of aromatic nitrogens is 4. The fourth-order valence-electron chi connectivity index (χ4n) is 2.21. The Bertz CT molecular complexity index is 871. The third kappa shape index (κ3) is 3.43. The molecular weight excluding hydrogens is 326 g/mol. The molecule has 0 fully saturated rings. The van der Waals surface area contributed by atoms with Gasteiger partial charge in [0.1, 0.15) is 16.5 Å². The molecule has 8 heteroatoms. The molecule has 0 aliphatic carbocycles. The summed E-state index contributed by atoms with van der Waals surface area (Å²) >= 11 is 1.36. The molecule has 0 unspecified atom stereocenters. The highest BCUT2D eigenvalue weighted by molar-refractivity contribution is 7.15. The summed E-state index contributed by atoms with van der Waals surface area (Å²) in [5.74, 6) is -0.229. The largest absolute Gasteiger partial charge is 0.507 e. The van der Waals surface area contributed by atoms with E-state index in [9.17, 15) is 9.90 Å². The zero-order chi connectivity index (χ0) is 17.1. The third-order valence-corrected chi connectivity index (χ3v) is 4.30. The zero-order valence-electron chi connectivity index (χ0n) is 13.3. The molecule has 0 saturated carbocycles. The van der Waals surface area contributed by atoms with Crippen molar-refractivity contribution < 1.29 is 9.90 Å². The molecule has 0 saturated heterocycles. The number of carbonyl (C=O) groups is 1. The molecule has 1 aromatic carbocycles. The van der Waals surface area contributed by atoms with Gasteiger partial charge in [-0.15, -0.1) is 10.2 Å². The Morgan fingerprint density at radius 1 is 1.33 bits per heavy atom. The number of nitrogens with one attached hydrogen (secondary N) is 2. The van der Waals surface area contributed by atoms with E-state index in [0.717, 1.165) is 23.4 Å². The van der Waals surface area contributed by atoms with E-state index in [0.29, 0.717) is 16.4 Å². The summed E-state index contributed by atoms with van der Waals surface area (Å²) in [6.07, 6.45) is 1.82.